The minimum atomic E-state index is 0.103. The van der Waals surface area contributed by atoms with E-state index in [2.05, 4.69) is 52.1 Å². The predicted octanol–water partition coefficient (Wildman–Crippen LogP) is 4.78. The lowest BCUT2D eigenvalue weighted by molar-refractivity contribution is 0.568. The average molecular weight is 200 g/mol. The van der Waals surface area contributed by atoms with Crippen LogP contribution in [0.4, 0.5) is 0 Å². The Hall–Kier alpha value is -1.30. The molecule has 0 radical (unpaired) electrons. The van der Waals surface area contributed by atoms with Gasteiger partial charge < -0.3 is 0 Å². The Morgan fingerprint density at radius 2 is 1.47 bits per heavy atom. The fraction of sp³-hybridized carbons (Fsp3) is 0.333. The molecule has 0 heteroatoms. The summed E-state index contributed by atoms with van der Waals surface area (Å²) in [5, 5.41) is 0. The molecule has 0 saturated carbocycles. The van der Waals surface area contributed by atoms with Crippen LogP contribution < -0.4 is 0 Å². The highest BCUT2D eigenvalue weighted by molar-refractivity contribution is 5.79. The van der Waals surface area contributed by atoms with Gasteiger partial charge in [-0.3, -0.25) is 0 Å². The molecule has 0 spiro atoms. The van der Waals surface area contributed by atoms with Gasteiger partial charge in [0, 0.05) is 0 Å². The van der Waals surface area contributed by atoms with Gasteiger partial charge in [-0.05, 0) is 29.0 Å². The molecule has 0 aromatic heterocycles. The second-order valence-corrected chi connectivity index (χ2v) is 5.05. The standard InChI is InChI=1S/C15H20/c1-11(2)13-9-7-8-10-14(13)12(3)15(4,5)6/h7-10H,1,3H2,2,4-6H3. The third-order valence-electron chi connectivity index (χ3n) is 2.62. The van der Waals surface area contributed by atoms with Crippen molar-refractivity contribution in [3.8, 4) is 0 Å². The first kappa shape index (κ1) is 11.8. The van der Waals surface area contributed by atoms with Gasteiger partial charge >= 0.3 is 0 Å². The van der Waals surface area contributed by atoms with E-state index in [1.54, 1.807) is 0 Å². The molecule has 1 rings (SSSR count). The zero-order valence-corrected chi connectivity index (χ0v) is 10.2. The topological polar surface area (TPSA) is 0 Å². The fourth-order valence-corrected chi connectivity index (χ4v) is 1.52. The molecule has 0 nitrogen and oxygen atoms in total. The van der Waals surface area contributed by atoms with E-state index in [9.17, 15) is 0 Å². The summed E-state index contributed by atoms with van der Waals surface area (Å²) in [6.45, 7) is 16.8. The van der Waals surface area contributed by atoms with Gasteiger partial charge in [-0.1, -0.05) is 63.8 Å². The zero-order valence-electron chi connectivity index (χ0n) is 10.2. The van der Waals surface area contributed by atoms with Gasteiger partial charge in [0.2, 0.25) is 0 Å². The second-order valence-electron chi connectivity index (χ2n) is 5.05. The lowest BCUT2D eigenvalue weighted by Gasteiger charge is -2.24. The van der Waals surface area contributed by atoms with Gasteiger partial charge in [-0.2, -0.15) is 0 Å². The summed E-state index contributed by atoms with van der Waals surface area (Å²) in [6.07, 6.45) is 0. The highest BCUT2D eigenvalue weighted by atomic mass is 14.2. The van der Waals surface area contributed by atoms with Crippen molar-refractivity contribution in [3.63, 3.8) is 0 Å². The molecule has 80 valence electrons. The smallest absolute Gasteiger partial charge is 0.0132 e. The van der Waals surface area contributed by atoms with Crippen LogP contribution in [0.15, 0.2) is 37.4 Å². The van der Waals surface area contributed by atoms with Crippen LogP contribution in [0, 0.1) is 5.41 Å². The van der Waals surface area contributed by atoms with Gasteiger partial charge in [-0.15, -0.1) is 0 Å². The molecule has 0 atom stereocenters. The van der Waals surface area contributed by atoms with Gasteiger partial charge in [-0.25, -0.2) is 0 Å². The Balaban J connectivity index is 3.26. The monoisotopic (exact) mass is 200 g/mol. The van der Waals surface area contributed by atoms with Gasteiger partial charge in [0.15, 0.2) is 0 Å². The highest BCUT2D eigenvalue weighted by Gasteiger charge is 2.18. The van der Waals surface area contributed by atoms with Crippen molar-refractivity contribution in [2.45, 2.75) is 27.7 Å². The number of hydrogen-bond donors (Lipinski definition) is 0. The van der Waals surface area contributed by atoms with Gasteiger partial charge in [0.1, 0.15) is 0 Å². The van der Waals surface area contributed by atoms with Crippen LogP contribution in [0.5, 0.6) is 0 Å². The molecular weight excluding hydrogens is 180 g/mol. The molecule has 1 aromatic carbocycles. The van der Waals surface area contributed by atoms with Crippen LogP contribution in [0.1, 0.15) is 38.8 Å². The van der Waals surface area contributed by atoms with E-state index >= 15 is 0 Å². The molecule has 0 aliphatic carbocycles. The summed E-state index contributed by atoms with van der Waals surface area (Å²) in [4.78, 5) is 0. The fourth-order valence-electron chi connectivity index (χ4n) is 1.52. The molecule has 0 N–H and O–H groups in total. The predicted molar refractivity (Wildman–Crippen MR) is 69.6 cm³/mol. The number of benzene rings is 1. The van der Waals surface area contributed by atoms with Crippen LogP contribution in [-0.4, -0.2) is 0 Å². The molecule has 0 aliphatic rings. The lowest BCUT2D eigenvalue weighted by Crippen LogP contribution is -2.08. The molecule has 0 heterocycles. The quantitative estimate of drug-likeness (QED) is 0.644. The van der Waals surface area contributed by atoms with Crippen LogP contribution in [0.2, 0.25) is 0 Å². The third-order valence-corrected chi connectivity index (χ3v) is 2.62. The summed E-state index contributed by atoms with van der Waals surface area (Å²) in [5.41, 5.74) is 4.79. The Bertz CT molecular complexity index is 389. The highest BCUT2D eigenvalue weighted by Crippen LogP contribution is 2.35. The summed E-state index contributed by atoms with van der Waals surface area (Å²) in [5.74, 6) is 0. The normalized spacial score (nSPS) is 11.2. The van der Waals surface area contributed by atoms with E-state index in [4.69, 9.17) is 0 Å². The van der Waals surface area contributed by atoms with E-state index in [0.29, 0.717) is 0 Å². The Kier molecular flexibility index (Phi) is 3.18. The summed E-state index contributed by atoms with van der Waals surface area (Å²) >= 11 is 0. The van der Waals surface area contributed by atoms with E-state index in [1.165, 1.54) is 16.7 Å². The Morgan fingerprint density at radius 1 is 1.00 bits per heavy atom. The van der Waals surface area contributed by atoms with Crippen molar-refractivity contribution < 1.29 is 0 Å². The van der Waals surface area contributed by atoms with Crippen LogP contribution >= 0.6 is 0 Å². The minimum absolute atomic E-state index is 0.103. The molecule has 15 heavy (non-hydrogen) atoms. The van der Waals surface area contributed by atoms with Crippen molar-refractivity contribution in [1.82, 2.24) is 0 Å². The van der Waals surface area contributed by atoms with Gasteiger partial charge in [0.05, 0.1) is 0 Å². The molecule has 0 amide bonds. The van der Waals surface area contributed by atoms with E-state index in [-0.39, 0.29) is 5.41 Å². The first-order valence-corrected chi connectivity index (χ1v) is 5.28. The third kappa shape index (κ3) is 2.59. The van der Waals surface area contributed by atoms with Crippen molar-refractivity contribution in [3.05, 3.63) is 48.6 Å². The van der Waals surface area contributed by atoms with Crippen LogP contribution in [0.25, 0.3) is 11.1 Å². The summed E-state index contributed by atoms with van der Waals surface area (Å²) in [6, 6.07) is 8.33. The van der Waals surface area contributed by atoms with Gasteiger partial charge in [0.25, 0.3) is 0 Å². The number of allylic oxidation sites excluding steroid dienone is 2. The van der Waals surface area contributed by atoms with Crippen LogP contribution in [0.3, 0.4) is 0 Å². The average Bonchev–Trinajstić information content (AvgIpc) is 2.15. The van der Waals surface area contributed by atoms with Crippen molar-refractivity contribution >= 4 is 11.1 Å². The SMILES string of the molecule is C=C(C)c1ccccc1C(=C)C(C)(C)C. The maximum Gasteiger partial charge on any atom is -0.0132 e. The maximum atomic E-state index is 4.20. The minimum Gasteiger partial charge on any atom is -0.0955 e. The first-order valence-electron chi connectivity index (χ1n) is 5.28. The largest absolute Gasteiger partial charge is 0.0955 e. The molecule has 0 aliphatic heterocycles. The molecule has 0 saturated heterocycles. The van der Waals surface area contributed by atoms with Crippen molar-refractivity contribution in [1.29, 1.82) is 0 Å². The Labute approximate surface area is 93.3 Å². The Morgan fingerprint density at radius 3 is 1.87 bits per heavy atom. The van der Waals surface area contributed by atoms with Crippen molar-refractivity contribution in [2.24, 2.45) is 5.41 Å². The van der Waals surface area contributed by atoms with E-state index < -0.39 is 0 Å². The maximum absolute atomic E-state index is 4.20. The molecule has 0 fully saturated rings. The van der Waals surface area contributed by atoms with Crippen LogP contribution in [-0.2, 0) is 0 Å². The first-order chi connectivity index (χ1) is 6.84. The van der Waals surface area contributed by atoms with E-state index in [1.807, 2.05) is 13.0 Å². The molecule has 0 bridgehead atoms. The molecule has 0 unspecified atom stereocenters. The zero-order chi connectivity index (χ0) is 11.6. The summed E-state index contributed by atoms with van der Waals surface area (Å²) in [7, 11) is 0. The lowest BCUT2D eigenvalue weighted by atomic mass is 9.81. The van der Waals surface area contributed by atoms with E-state index in [0.717, 1.165) is 5.57 Å². The summed E-state index contributed by atoms with van der Waals surface area (Å²) < 4.78 is 0. The number of rotatable bonds is 2. The molecular formula is C15H20. The number of hydrogen-bond acceptors (Lipinski definition) is 0. The van der Waals surface area contributed by atoms with Crippen molar-refractivity contribution in [2.75, 3.05) is 0 Å². The second kappa shape index (κ2) is 4.06. The molecule has 1 aromatic rings.